The molecule has 0 radical (unpaired) electrons. The van der Waals surface area contributed by atoms with Crippen molar-refractivity contribution in [1.82, 2.24) is 0 Å². The van der Waals surface area contributed by atoms with Crippen molar-refractivity contribution in [3.05, 3.63) is 25.0 Å². The molecule has 0 rings (SSSR count). The van der Waals surface area contributed by atoms with Gasteiger partial charge in [-0.1, -0.05) is 13.5 Å². The Bertz CT molecular complexity index is 230. The van der Waals surface area contributed by atoms with Crippen LogP contribution in [0.2, 0.25) is 0 Å². The predicted molar refractivity (Wildman–Crippen MR) is 46.7 cm³/mol. The molecule has 0 spiro atoms. The van der Waals surface area contributed by atoms with Crippen LogP contribution >= 0.6 is 0 Å². The Hall–Kier alpha value is -1.58. The molecule has 0 aliphatic carbocycles. The summed E-state index contributed by atoms with van der Waals surface area (Å²) < 4.78 is 9.08. The highest BCUT2D eigenvalue weighted by Gasteiger charge is 2.11. The minimum Gasteiger partial charge on any atom is -0.460 e. The van der Waals surface area contributed by atoms with Crippen LogP contribution in [0.3, 0.4) is 0 Å². The molecule has 0 amide bonds. The van der Waals surface area contributed by atoms with E-state index in [2.05, 4.69) is 22.6 Å². The Morgan fingerprint density at radius 3 is 2.54 bits per heavy atom. The van der Waals surface area contributed by atoms with Gasteiger partial charge in [0.25, 0.3) is 0 Å². The second kappa shape index (κ2) is 5.99. The molecule has 0 saturated heterocycles. The summed E-state index contributed by atoms with van der Waals surface area (Å²) in [4.78, 5) is 21.5. The van der Waals surface area contributed by atoms with Crippen molar-refractivity contribution >= 4 is 11.9 Å². The second-order valence-corrected chi connectivity index (χ2v) is 2.18. The van der Waals surface area contributed by atoms with Crippen LogP contribution < -0.4 is 0 Å². The normalized spacial score (nSPS) is 8.69. The lowest BCUT2D eigenvalue weighted by molar-refractivity contribution is -0.149. The van der Waals surface area contributed by atoms with Crippen molar-refractivity contribution in [1.29, 1.82) is 0 Å². The van der Waals surface area contributed by atoms with Gasteiger partial charge in [-0.2, -0.15) is 0 Å². The fourth-order valence-corrected chi connectivity index (χ4v) is 0.480. The zero-order valence-electron chi connectivity index (χ0n) is 7.54. The summed E-state index contributed by atoms with van der Waals surface area (Å²) in [7, 11) is 0. The molecule has 4 nitrogen and oxygen atoms in total. The number of hydrogen-bond acceptors (Lipinski definition) is 4. The molecule has 72 valence electrons. The van der Waals surface area contributed by atoms with Gasteiger partial charge in [-0.05, 0) is 13.0 Å². The first-order valence-electron chi connectivity index (χ1n) is 3.82. The Kier molecular flexibility index (Phi) is 5.27. The van der Waals surface area contributed by atoms with Gasteiger partial charge in [-0.3, -0.25) is 0 Å². The Morgan fingerprint density at radius 1 is 1.46 bits per heavy atom. The van der Waals surface area contributed by atoms with E-state index >= 15 is 0 Å². The van der Waals surface area contributed by atoms with Crippen molar-refractivity contribution in [3.63, 3.8) is 0 Å². The van der Waals surface area contributed by atoms with Crippen molar-refractivity contribution in [2.75, 3.05) is 6.61 Å². The highest BCUT2D eigenvalue weighted by Crippen LogP contribution is 1.98. The molecular formula is C9H12O4. The Morgan fingerprint density at radius 2 is 2.08 bits per heavy atom. The molecule has 13 heavy (non-hydrogen) atoms. The zero-order valence-corrected chi connectivity index (χ0v) is 7.54. The van der Waals surface area contributed by atoms with Crippen LogP contribution in [-0.2, 0) is 19.1 Å². The standard InChI is InChI=1S/C9H12O4/c1-4-6-12-9(11)7(3)13-8(10)5-2/h5H,2-4,6H2,1H3. The average Bonchev–Trinajstić information content (AvgIpc) is 2.13. The summed E-state index contributed by atoms with van der Waals surface area (Å²) in [5.74, 6) is -1.77. The quantitative estimate of drug-likeness (QED) is 0.366. The predicted octanol–water partition coefficient (Wildman–Crippen LogP) is 1.18. The molecule has 0 bridgehead atoms. The lowest BCUT2D eigenvalue weighted by Gasteiger charge is -2.04. The number of carbonyl (C=O) groups is 2. The van der Waals surface area contributed by atoms with Gasteiger partial charge in [0.2, 0.25) is 5.76 Å². The summed E-state index contributed by atoms with van der Waals surface area (Å²) in [5, 5.41) is 0. The summed E-state index contributed by atoms with van der Waals surface area (Å²) in [5.41, 5.74) is 0. The molecule has 0 atom stereocenters. The zero-order chi connectivity index (χ0) is 10.3. The number of rotatable bonds is 5. The van der Waals surface area contributed by atoms with E-state index in [4.69, 9.17) is 0 Å². The molecule has 0 N–H and O–H groups in total. The molecule has 0 aromatic heterocycles. The Balaban J connectivity index is 3.89. The van der Waals surface area contributed by atoms with E-state index in [-0.39, 0.29) is 12.4 Å². The maximum Gasteiger partial charge on any atom is 0.373 e. The maximum atomic E-state index is 10.9. The van der Waals surface area contributed by atoms with Crippen molar-refractivity contribution in [2.24, 2.45) is 0 Å². The van der Waals surface area contributed by atoms with Crippen molar-refractivity contribution < 1.29 is 19.1 Å². The number of hydrogen-bond donors (Lipinski definition) is 0. The average molecular weight is 184 g/mol. The highest BCUT2D eigenvalue weighted by molar-refractivity contribution is 5.91. The fraction of sp³-hybridized carbons (Fsp3) is 0.333. The lowest BCUT2D eigenvalue weighted by Crippen LogP contribution is -2.12. The minimum atomic E-state index is -0.725. The molecular weight excluding hydrogens is 172 g/mol. The molecule has 0 aromatic carbocycles. The monoisotopic (exact) mass is 184 g/mol. The second-order valence-electron chi connectivity index (χ2n) is 2.18. The van der Waals surface area contributed by atoms with Gasteiger partial charge in [0.1, 0.15) is 0 Å². The Labute approximate surface area is 76.8 Å². The third kappa shape index (κ3) is 4.79. The van der Waals surface area contributed by atoms with E-state index in [9.17, 15) is 9.59 Å². The molecule has 0 saturated carbocycles. The van der Waals surface area contributed by atoms with E-state index in [1.54, 1.807) is 0 Å². The van der Waals surface area contributed by atoms with Gasteiger partial charge in [0.05, 0.1) is 6.61 Å². The van der Waals surface area contributed by atoms with Gasteiger partial charge >= 0.3 is 11.9 Å². The first-order valence-corrected chi connectivity index (χ1v) is 3.82. The topological polar surface area (TPSA) is 52.6 Å². The van der Waals surface area contributed by atoms with Gasteiger partial charge in [-0.25, -0.2) is 9.59 Å². The van der Waals surface area contributed by atoms with Crippen LogP contribution in [0.4, 0.5) is 0 Å². The highest BCUT2D eigenvalue weighted by atomic mass is 16.6. The summed E-state index contributed by atoms with van der Waals surface area (Å²) in [6.45, 7) is 8.53. The maximum absolute atomic E-state index is 10.9. The molecule has 0 heterocycles. The largest absolute Gasteiger partial charge is 0.460 e. The van der Waals surface area contributed by atoms with Gasteiger partial charge in [0, 0.05) is 6.08 Å². The van der Waals surface area contributed by atoms with Crippen molar-refractivity contribution in [3.8, 4) is 0 Å². The smallest absolute Gasteiger partial charge is 0.373 e. The van der Waals surface area contributed by atoms with Gasteiger partial charge in [-0.15, -0.1) is 0 Å². The van der Waals surface area contributed by atoms with Crippen LogP contribution in [0.25, 0.3) is 0 Å². The molecule has 0 unspecified atom stereocenters. The summed E-state index contributed by atoms with van der Waals surface area (Å²) in [6, 6.07) is 0. The van der Waals surface area contributed by atoms with E-state index < -0.39 is 11.9 Å². The van der Waals surface area contributed by atoms with Gasteiger partial charge < -0.3 is 9.47 Å². The number of ether oxygens (including phenoxy) is 2. The molecule has 0 aliphatic heterocycles. The third-order valence-corrected chi connectivity index (χ3v) is 1.06. The van der Waals surface area contributed by atoms with E-state index in [1.807, 2.05) is 6.92 Å². The van der Waals surface area contributed by atoms with Gasteiger partial charge in [0.15, 0.2) is 0 Å². The van der Waals surface area contributed by atoms with E-state index in [0.717, 1.165) is 6.08 Å². The minimum absolute atomic E-state index is 0.281. The van der Waals surface area contributed by atoms with E-state index in [0.29, 0.717) is 6.42 Å². The third-order valence-electron chi connectivity index (χ3n) is 1.06. The lowest BCUT2D eigenvalue weighted by atomic mass is 10.5. The van der Waals surface area contributed by atoms with Crippen LogP contribution in [-0.4, -0.2) is 18.5 Å². The number of esters is 2. The van der Waals surface area contributed by atoms with Crippen molar-refractivity contribution in [2.45, 2.75) is 13.3 Å². The summed E-state index contributed by atoms with van der Waals surface area (Å²) >= 11 is 0. The molecule has 4 heteroatoms. The number of carbonyl (C=O) groups excluding carboxylic acids is 2. The van der Waals surface area contributed by atoms with Crippen LogP contribution in [0, 0.1) is 0 Å². The fourth-order valence-electron chi connectivity index (χ4n) is 0.480. The first-order chi connectivity index (χ1) is 6.11. The van der Waals surface area contributed by atoms with E-state index in [1.165, 1.54) is 0 Å². The van der Waals surface area contributed by atoms with Crippen LogP contribution in [0.5, 0.6) is 0 Å². The molecule has 0 fully saturated rings. The first kappa shape index (κ1) is 11.4. The SMILES string of the molecule is C=CC(=O)OC(=C)C(=O)OCCC. The molecule has 0 aliphatic rings. The van der Waals surface area contributed by atoms with Crippen LogP contribution in [0.15, 0.2) is 25.0 Å². The summed E-state index contributed by atoms with van der Waals surface area (Å²) in [6.07, 6.45) is 1.65. The molecule has 0 aromatic rings. The van der Waals surface area contributed by atoms with Crippen LogP contribution in [0.1, 0.15) is 13.3 Å².